The van der Waals surface area contributed by atoms with Crippen molar-refractivity contribution in [2.24, 2.45) is 52.9 Å². The molecule has 2 rings (SSSR count). The Bertz CT molecular complexity index is 1160. The van der Waals surface area contributed by atoms with E-state index in [1.807, 2.05) is 95.5 Å². The lowest BCUT2D eigenvalue weighted by Gasteiger charge is -2.30. The Balaban J connectivity index is -0.000000101. The van der Waals surface area contributed by atoms with E-state index < -0.39 is 0 Å². The molecule has 8 nitrogen and oxygen atoms in total. The van der Waals surface area contributed by atoms with Gasteiger partial charge in [-0.2, -0.15) is 0 Å². The van der Waals surface area contributed by atoms with Gasteiger partial charge in [-0.1, -0.05) is 187 Å². The monoisotopic (exact) mass is 993 g/mol. The Labute approximate surface area is 442 Å². The summed E-state index contributed by atoms with van der Waals surface area (Å²) in [6.45, 7) is 63.2. The first-order valence-electron chi connectivity index (χ1n) is 28.4. The molecule has 0 bridgehead atoms. The number of nitrogens with one attached hydrogen (secondary N) is 4. The van der Waals surface area contributed by atoms with Crippen LogP contribution in [-0.4, -0.2) is 57.4 Å². The minimum Gasteiger partial charge on any atom is -0.389 e. The number of rotatable bonds is 25. The van der Waals surface area contributed by atoms with Crippen LogP contribution in [0.25, 0.3) is 0 Å². The van der Waals surface area contributed by atoms with Crippen LogP contribution < -0.4 is 32.7 Å². The van der Waals surface area contributed by atoms with Gasteiger partial charge in [0.25, 0.3) is 0 Å². The van der Waals surface area contributed by atoms with Crippen LogP contribution in [-0.2, 0) is 9.59 Å². The van der Waals surface area contributed by atoms with Crippen molar-refractivity contribution < 1.29 is 9.59 Å². The summed E-state index contributed by atoms with van der Waals surface area (Å²) in [5.74, 6) is 5.42. The van der Waals surface area contributed by atoms with E-state index in [4.69, 9.17) is 5.73 Å². The molecule has 0 aliphatic heterocycles. The molecule has 2 saturated carbocycles. The molecule has 2 aliphatic rings. The molecule has 0 spiro atoms. The Morgan fingerprint density at radius 3 is 1.57 bits per heavy atom. The van der Waals surface area contributed by atoms with Gasteiger partial charge < -0.3 is 32.7 Å². The predicted octanol–water partition coefficient (Wildman–Crippen LogP) is 16.6. The normalized spacial score (nSPS) is 16.7. The number of Topliss-reactive ketones (excluding diaryl/α,β-unsaturated/α-hetero) is 2. The highest BCUT2D eigenvalue weighted by Crippen LogP contribution is 2.50. The van der Waals surface area contributed by atoms with Crippen LogP contribution >= 0.6 is 0 Å². The van der Waals surface area contributed by atoms with E-state index in [1.165, 1.54) is 65.3 Å². The van der Waals surface area contributed by atoms with Gasteiger partial charge in [-0.25, -0.2) is 0 Å². The number of nitrogens with two attached hydrogens (primary N) is 2. The van der Waals surface area contributed by atoms with Crippen LogP contribution in [0.4, 0.5) is 0 Å². The number of allylic oxidation sites excluding steroid dienone is 5. The second kappa shape index (κ2) is 68.1. The third kappa shape index (κ3) is 57.6. The smallest absolute Gasteiger partial charge is 0.156 e. The van der Waals surface area contributed by atoms with Gasteiger partial charge in [-0.15, -0.1) is 13.2 Å². The van der Waals surface area contributed by atoms with Gasteiger partial charge in [-0.05, 0) is 143 Å². The van der Waals surface area contributed by atoms with E-state index in [-0.39, 0.29) is 17.7 Å². The SMILES string of the molecule is C=C(C(C)=O)C(N)CC1CCC1.C=C(C)NC[C@@H]1C(C)[C@@H]1C(C)C(C)=O.C=CCCCC(CC)NC(=C)NC(C)C(CCC=C)CC(C)/C=C\C.CC.CC.CC.CC.CCC.CCC.CN.CNC. The second-order valence-corrected chi connectivity index (χ2v) is 17.5. The third-order valence-electron chi connectivity index (χ3n) is 11.1. The van der Waals surface area contributed by atoms with Gasteiger partial charge in [-0.3, -0.25) is 9.59 Å². The molecule has 7 unspecified atom stereocenters. The van der Waals surface area contributed by atoms with E-state index in [0.717, 1.165) is 56.1 Å². The van der Waals surface area contributed by atoms with E-state index in [9.17, 15) is 9.59 Å². The van der Waals surface area contributed by atoms with Crippen LogP contribution in [0.3, 0.4) is 0 Å². The van der Waals surface area contributed by atoms with Crippen LogP contribution in [0.15, 0.2) is 74.3 Å². The summed E-state index contributed by atoms with van der Waals surface area (Å²) < 4.78 is 0. The standard InChI is InChI=1S/C23H42N2.C12H21NO.C10H17NO.2C3H8.C2H7N.4C2H6.CH5N/c1-8-12-14-17-23(11-4)25-21(7)24-20(6)22(16-13-9-2)18-19(5)15-10-3;1-7(2)13-6-11-9(4)12(11)8(3)10(5)14;1-7(8(2)12)10(11)6-9-4-3-5-9;3*1-3-2;5*1-2/h8-10,15,19-20,22-25H,1-2,7,11-14,16-18H2,3-6H3;8-9,11-13H,1,6H2,2-5H3;9-10H,1,3-6,11H2,2H3;2*3H2,1-2H3;3H,1-2H3;4*1-2H3;2H2,1H3/b15-10-;;;;;;;;;;/t;8?,9?,11-,12+;;;;;;;;;/m.1........./s1. The average Bonchev–Trinajstić information content (AvgIpc) is 3.99. The van der Waals surface area contributed by atoms with E-state index >= 15 is 0 Å². The Morgan fingerprint density at radius 1 is 0.771 bits per heavy atom. The molecule has 8 N–H and O–H groups in total. The number of carbonyl (C=O) groups excluding carboxylic acids is 2. The highest BCUT2D eigenvalue weighted by molar-refractivity contribution is 5.93. The van der Waals surface area contributed by atoms with Crippen molar-refractivity contribution >= 4 is 11.6 Å². The van der Waals surface area contributed by atoms with Crippen molar-refractivity contribution in [3.05, 3.63) is 74.3 Å². The fourth-order valence-corrected chi connectivity index (χ4v) is 7.14. The van der Waals surface area contributed by atoms with Gasteiger partial charge >= 0.3 is 0 Å². The van der Waals surface area contributed by atoms with Gasteiger partial charge in [0.15, 0.2) is 5.78 Å². The zero-order chi connectivity index (χ0) is 57.2. The molecule has 0 aromatic carbocycles. The molecule has 2 fully saturated rings. The van der Waals surface area contributed by atoms with Crippen molar-refractivity contribution in [2.45, 2.75) is 247 Å². The summed E-state index contributed by atoms with van der Waals surface area (Å²) in [4.78, 5) is 22.1. The molecule has 0 radical (unpaired) electrons. The quantitative estimate of drug-likeness (QED) is 0.0303. The Kier molecular flexibility index (Phi) is 84.5. The lowest BCUT2D eigenvalue weighted by atomic mass is 9.79. The minimum atomic E-state index is -0.104. The van der Waals surface area contributed by atoms with Crippen molar-refractivity contribution in [3.63, 3.8) is 0 Å². The van der Waals surface area contributed by atoms with Gasteiger partial charge in [0.2, 0.25) is 0 Å². The minimum absolute atomic E-state index is 0.0295. The summed E-state index contributed by atoms with van der Waals surface area (Å²) in [5, 5.41) is 13.2. The average molecular weight is 994 g/mol. The molecule has 8 heteroatoms. The summed E-state index contributed by atoms with van der Waals surface area (Å²) in [5.41, 5.74) is 11.9. The first-order valence-corrected chi connectivity index (χ1v) is 28.4. The predicted molar refractivity (Wildman–Crippen MR) is 325 cm³/mol. The van der Waals surface area contributed by atoms with Gasteiger partial charge in [0.1, 0.15) is 5.78 Å². The van der Waals surface area contributed by atoms with E-state index in [1.54, 1.807) is 6.92 Å². The zero-order valence-corrected chi connectivity index (χ0v) is 52.0. The third-order valence-corrected chi connectivity index (χ3v) is 11.1. The first kappa shape index (κ1) is 86.8. The summed E-state index contributed by atoms with van der Waals surface area (Å²) in [6.07, 6.45) is 23.8. The molecule has 0 amide bonds. The zero-order valence-electron chi connectivity index (χ0n) is 52.0. The largest absolute Gasteiger partial charge is 0.389 e. The van der Waals surface area contributed by atoms with Crippen LogP contribution in [0, 0.1) is 41.4 Å². The maximum absolute atomic E-state index is 11.2. The van der Waals surface area contributed by atoms with Gasteiger partial charge in [0, 0.05) is 41.9 Å². The lowest BCUT2D eigenvalue weighted by molar-refractivity contribution is -0.121. The lowest BCUT2D eigenvalue weighted by Crippen LogP contribution is -2.41. The van der Waals surface area contributed by atoms with Crippen molar-refractivity contribution in [3.8, 4) is 0 Å². The highest BCUT2D eigenvalue weighted by atomic mass is 16.1. The number of ketones is 2. The first-order chi connectivity index (χ1) is 33.3. The molecule has 70 heavy (non-hydrogen) atoms. The fourth-order valence-electron chi connectivity index (χ4n) is 7.14. The highest BCUT2D eigenvalue weighted by Gasteiger charge is 2.50. The maximum Gasteiger partial charge on any atom is 0.156 e. The number of unbranched alkanes of at least 4 members (excludes halogenated alkanes) is 1. The molecule has 0 aromatic heterocycles. The maximum atomic E-state index is 11.2. The molecule has 9 atom stereocenters. The van der Waals surface area contributed by atoms with Crippen molar-refractivity contribution in [1.29, 1.82) is 0 Å². The van der Waals surface area contributed by atoms with E-state index in [2.05, 4.69) is 134 Å². The summed E-state index contributed by atoms with van der Waals surface area (Å²) >= 11 is 0. The molecule has 0 saturated heterocycles. The number of carbonyl (C=O) groups is 2. The molecule has 2 aliphatic carbocycles. The summed E-state index contributed by atoms with van der Waals surface area (Å²) in [6, 6.07) is 0.784. The molecule has 0 aromatic rings. The van der Waals surface area contributed by atoms with Crippen LogP contribution in [0.5, 0.6) is 0 Å². The molecule has 422 valence electrons. The van der Waals surface area contributed by atoms with Crippen molar-refractivity contribution in [2.75, 3.05) is 27.7 Å². The molecule has 0 heterocycles. The Hall–Kier alpha value is -2.94. The molecular formula is C62H132N6O2. The van der Waals surface area contributed by atoms with Crippen LogP contribution in [0.2, 0.25) is 0 Å². The topological polar surface area (TPSA) is 134 Å². The van der Waals surface area contributed by atoms with Gasteiger partial charge in [0.05, 0.1) is 5.82 Å². The second-order valence-electron chi connectivity index (χ2n) is 17.5. The summed E-state index contributed by atoms with van der Waals surface area (Å²) in [7, 11) is 5.25. The van der Waals surface area contributed by atoms with Crippen LogP contribution in [0.1, 0.15) is 229 Å². The van der Waals surface area contributed by atoms with Crippen molar-refractivity contribution in [1.82, 2.24) is 21.3 Å². The Morgan fingerprint density at radius 2 is 1.23 bits per heavy atom. The number of hydrogen-bond donors (Lipinski definition) is 6. The van der Waals surface area contributed by atoms with E-state index in [0.29, 0.717) is 53.0 Å². The number of hydrogen-bond acceptors (Lipinski definition) is 8. The molecular weight excluding hydrogens is 861 g/mol. The fraction of sp³-hybridized carbons (Fsp3) is 0.774.